The third kappa shape index (κ3) is 5.57. The minimum Gasteiger partial charge on any atom is -0.493 e. The summed E-state index contributed by atoms with van der Waals surface area (Å²) in [4.78, 5) is 26.6. The molecule has 0 fully saturated rings. The highest BCUT2D eigenvalue weighted by molar-refractivity contribution is 5.94. The van der Waals surface area contributed by atoms with E-state index in [9.17, 15) is 20.0 Å². The van der Waals surface area contributed by atoms with Gasteiger partial charge in [-0.05, 0) is 43.5 Å². The summed E-state index contributed by atoms with van der Waals surface area (Å²) in [5.41, 5.74) is 1.10. The van der Waals surface area contributed by atoms with Gasteiger partial charge < -0.3 is 10.0 Å². The predicted octanol–water partition coefficient (Wildman–Crippen LogP) is 4.69. The lowest BCUT2D eigenvalue weighted by atomic mass is 10.0. The minimum atomic E-state index is -0.459. The van der Waals surface area contributed by atoms with Gasteiger partial charge in [-0.15, -0.1) is 5.11 Å². The molecule has 0 aliphatic heterocycles. The summed E-state index contributed by atoms with van der Waals surface area (Å²) < 4.78 is 1.20. The van der Waals surface area contributed by atoms with Crippen molar-refractivity contribution in [3.63, 3.8) is 0 Å². The summed E-state index contributed by atoms with van der Waals surface area (Å²) in [7, 11) is 3.35. The van der Waals surface area contributed by atoms with Crippen molar-refractivity contribution in [2.24, 2.45) is 10.2 Å². The van der Waals surface area contributed by atoms with Gasteiger partial charge in [-0.1, -0.05) is 26.7 Å². The first-order chi connectivity index (χ1) is 14.8. The maximum Gasteiger partial charge on any atom is 0.281 e. The summed E-state index contributed by atoms with van der Waals surface area (Å²) in [6.45, 7) is 4.29. The molecule has 0 bridgehead atoms. The van der Waals surface area contributed by atoms with Crippen LogP contribution in [0.15, 0.2) is 39.3 Å². The second-order valence-electron chi connectivity index (χ2n) is 7.50. The van der Waals surface area contributed by atoms with Crippen LogP contribution in [-0.4, -0.2) is 34.6 Å². The molecule has 1 heterocycles. The maximum absolute atomic E-state index is 13.1. The molecule has 8 nitrogen and oxygen atoms in total. The highest BCUT2D eigenvalue weighted by atomic mass is 16.3. The van der Waals surface area contributed by atoms with Crippen LogP contribution < -0.4 is 5.56 Å². The Hall–Kier alpha value is -3.47. The van der Waals surface area contributed by atoms with Gasteiger partial charge in [0.25, 0.3) is 11.5 Å². The Morgan fingerprint density at radius 1 is 1.13 bits per heavy atom. The minimum absolute atomic E-state index is 0.0741. The molecule has 0 unspecified atom stereocenters. The number of unbranched alkanes of at least 4 members (excludes halogenated alkanes) is 2. The van der Waals surface area contributed by atoms with E-state index in [0.29, 0.717) is 36.2 Å². The van der Waals surface area contributed by atoms with E-state index in [1.807, 2.05) is 19.9 Å². The second kappa shape index (κ2) is 11.1. The van der Waals surface area contributed by atoms with Gasteiger partial charge in [0.2, 0.25) is 5.88 Å². The summed E-state index contributed by atoms with van der Waals surface area (Å²) in [6.07, 6.45) is 3.57. The summed E-state index contributed by atoms with van der Waals surface area (Å²) in [6, 6.07) is 8.61. The van der Waals surface area contributed by atoms with Crippen molar-refractivity contribution in [2.45, 2.75) is 52.5 Å². The summed E-state index contributed by atoms with van der Waals surface area (Å²) in [5, 5.41) is 28.6. The van der Waals surface area contributed by atoms with Crippen molar-refractivity contribution in [1.29, 1.82) is 5.26 Å². The standard InChI is InChI=1S/C23H29N5O3/c1-5-7-9-18-19(15-24)22(30)28(14-8-6-2)23(31)20(18)26-25-17-12-10-16(11-13-17)21(29)27(3)4/h10-13,30H,5-9,14H2,1-4H3. The molecule has 8 heteroatoms. The molecule has 31 heavy (non-hydrogen) atoms. The number of amides is 1. The zero-order valence-electron chi connectivity index (χ0n) is 18.6. The lowest BCUT2D eigenvalue weighted by Crippen LogP contribution is -2.22. The van der Waals surface area contributed by atoms with Crippen LogP contribution in [0.25, 0.3) is 0 Å². The third-order valence-electron chi connectivity index (χ3n) is 4.93. The van der Waals surface area contributed by atoms with Gasteiger partial charge in [-0.3, -0.25) is 14.2 Å². The summed E-state index contributed by atoms with van der Waals surface area (Å²) >= 11 is 0. The van der Waals surface area contributed by atoms with E-state index in [-0.39, 0.29) is 23.0 Å². The Morgan fingerprint density at radius 2 is 1.77 bits per heavy atom. The van der Waals surface area contributed by atoms with Gasteiger partial charge >= 0.3 is 0 Å². The number of nitriles is 1. The predicted molar refractivity (Wildman–Crippen MR) is 119 cm³/mol. The van der Waals surface area contributed by atoms with Crippen molar-refractivity contribution < 1.29 is 9.90 Å². The molecule has 2 rings (SSSR count). The van der Waals surface area contributed by atoms with E-state index in [0.717, 1.165) is 19.3 Å². The number of benzene rings is 1. The van der Waals surface area contributed by atoms with Gasteiger partial charge in [-0.25, -0.2) is 0 Å². The monoisotopic (exact) mass is 423 g/mol. The summed E-state index contributed by atoms with van der Waals surface area (Å²) in [5.74, 6) is -0.432. The van der Waals surface area contributed by atoms with Crippen LogP contribution in [0.3, 0.4) is 0 Å². The molecule has 0 radical (unpaired) electrons. The molecule has 0 spiro atoms. The lowest BCUT2D eigenvalue weighted by Gasteiger charge is -2.14. The zero-order valence-corrected chi connectivity index (χ0v) is 18.6. The van der Waals surface area contributed by atoms with Crippen LogP contribution in [0.2, 0.25) is 0 Å². The van der Waals surface area contributed by atoms with E-state index >= 15 is 0 Å². The van der Waals surface area contributed by atoms with Crippen molar-refractivity contribution in [3.8, 4) is 11.9 Å². The van der Waals surface area contributed by atoms with Gasteiger partial charge in [0, 0.05) is 31.8 Å². The Morgan fingerprint density at radius 3 is 2.32 bits per heavy atom. The Bertz CT molecular complexity index is 1050. The van der Waals surface area contributed by atoms with E-state index in [4.69, 9.17) is 0 Å². The molecule has 0 saturated carbocycles. The number of aromatic hydroxyl groups is 1. The highest BCUT2D eigenvalue weighted by Crippen LogP contribution is 2.29. The number of carbonyl (C=O) groups excluding carboxylic acids is 1. The number of azo groups is 1. The van der Waals surface area contributed by atoms with Crippen LogP contribution in [0.5, 0.6) is 5.88 Å². The first-order valence-corrected chi connectivity index (χ1v) is 10.5. The third-order valence-corrected chi connectivity index (χ3v) is 4.93. The molecule has 1 N–H and O–H groups in total. The van der Waals surface area contributed by atoms with Gasteiger partial charge in [0.15, 0.2) is 5.69 Å². The van der Waals surface area contributed by atoms with E-state index < -0.39 is 5.56 Å². The molecule has 0 atom stereocenters. The van der Waals surface area contributed by atoms with Gasteiger partial charge in [0.05, 0.1) is 5.69 Å². The molecule has 1 amide bonds. The second-order valence-corrected chi connectivity index (χ2v) is 7.50. The number of nitrogens with zero attached hydrogens (tertiary/aromatic N) is 5. The molecular weight excluding hydrogens is 394 g/mol. The van der Waals surface area contributed by atoms with Crippen LogP contribution in [0.4, 0.5) is 11.4 Å². The topological polar surface area (TPSA) is 111 Å². The number of rotatable bonds is 9. The smallest absolute Gasteiger partial charge is 0.281 e. The van der Waals surface area contributed by atoms with Crippen molar-refractivity contribution in [3.05, 3.63) is 51.3 Å². The molecular formula is C23H29N5O3. The van der Waals surface area contributed by atoms with Crippen LogP contribution in [0, 0.1) is 11.3 Å². The molecule has 2 aromatic rings. The van der Waals surface area contributed by atoms with Crippen molar-refractivity contribution in [1.82, 2.24) is 9.47 Å². The van der Waals surface area contributed by atoms with Crippen LogP contribution in [-0.2, 0) is 13.0 Å². The van der Waals surface area contributed by atoms with E-state index in [1.54, 1.807) is 38.4 Å². The van der Waals surface area contributed by atoms with Crippen molar-refractivity contribution in [2.75, 3.05) is 14.1 Å². The fraction of sp³-hybridized carbons (Fsp3) is 0.435. The fourth-order valence-electron chi connectivity index (χ4n) is 3.12. The number of pyridine rings is 1. The average Bonchev–Trinajstić information content (AvgIpc) is 2.76. The Kier molecular flexibility index (Phi) is 8.50. The SMILES string of the molecule is CCCCc1c(C#N)c(O)n(CCCC)c(=O)c1N=Nc1ccc(C(=O)N(C)C)cc1. The molecule has 1 aromatic carbocycles. The molecule has 0 aliphatic carbocycles. The van der Waals surface area contributed by atoms with Crippen LogP contribution in [0.1, 0.15) is 61.0 Å². The highest BCUT2D eigenvalue weighted by Gasteiger charge is 2.21. The van der Waals surface area contributed by atoms with Crippen LogP contribution >= 0.6 is 0 Å². The first kappa shape index (κ1) is 23.8. The lowest BCUT2D eigenvalue weighted by molar-refractivity contribution is 0.0827. The van der Waals surface area contributed by atoms with Gasteiger partial charge in [-0.2, -0.15) is 10.4 Å². The molecule has 164 valence electrons. The molecule has 1 aromatic heterocycles. The van der Waals surface area contributed by atoms with E-state index in [1.165, 1.54) is 9.47 Å². The number of carbonyl (C=O) groups is 1. The largest absolute Gasteiger partial charge is 0.493 e. The molecule has 0 saturated heterocycles. The van der Waals surface area contributed by atoms with E-state index in [2.05, 4.69) is 10.2 Å². The molecule has 0 aliphatic rings. The quantitative estimate of drug-likeness (QED) is 0.590. The number of aromatic nitrogens is 1. The van der Waals surface area contributed by atoms with Crippen molar-refractivity contribution >= 4 is 17.3 Å². The Labute approximate surface area is 182 Å². The number of hydrogen-bond donors (Lipinski definition) is 1. The normalized spacial score (nSPS) is 10.9. The first-order valence-electron chi connectivity index (χ1n) is 10.5. The fourth-order valence-corrected chi connectivity index (χ4v) is 3.12. The Balaban J connectivity index is 2.53. The number of hydrogen-bond acceptors (Lipinski definition) is 6. The zero-order chi connectivity index (χ0) is 23.0. The van der Waals surface area contributed by atoms with Gasteiger partial charge in [0.1, 0.15) is 11.6 Å². The average molecular weight is 424 g/mol. The maximum atomic E-state index is 13.1.